The first-order chi connectivity index (χ1) is 9.22. The molecule has 3 nitrogen and oxygen atoms in total. The minimum atomic E-state index is 0.0794. The van der Waals surface area contributed by atoms with E-state index in [0.717, 1.165) is 36.3 Å². The molecule has 1 aliphatic heterocycles. The molecular weight excluding hydrogens is 306 g/mol. The number of rotatable bonds is 5. The van der Waals surface area contributed by atoms with E-state index in [9.17, 15) is 0 Å². The Morgan fingerprint density at radius 1 is 1.42 bits per heavy atom. The highest BCUT2D eigenvalue weighted by molar-refractivity contribution is 9.10. The van der Waals surface area contributed by atoms with Gasteiger partial charge in [-0.1, -0.05) is 15.9 Å². The molecule has 1 aliphatic carbocycles. The van der Waals surface area contributed by atoms with Crippen molar-refractivity contribution in [2.75, 3.05) is 20.3 Å². The van der Waals surface area contributed by atoms with Crippen molar-refractivity contribution in [2.24, 2.45) is 0 Å². The molecule has 0 amide bonds. The van der Waals surface area contributed by atoms with Crippen molar-refractivity contribution in [2.45, 2.75) is 37.8 Å². The van der Waals surface area contributed by atoms with E-state index in [1.54, 1.807) is 0 Å². The first kappa shape index (κ1) is 13.4. The van der Waals surface area contributed by atoms with Gasteiger partial charge in [0, 0.05) is 36.7 Å². The van der Waals surface area contributed by atoms with Crippen molar-refractivity contribution < 1.29 is 9.47 Å². The molecule has 2 aliphatic rings. The number of hydrogen-bond acceptors (Lipinski definition) is 3. The highest BCUT2D eigenvalue weighted by Gasteiger charge is 2.36. The largest absolute Gasteiger partial charge is 0.493 e. The predicted octanol–water partition coefficient (Wildman–Crippen LogP) is 3.04. The Balaban J connectivity index is 1.64. The summed E-state index contributed by atoms with van der Waals surface area (Å²) in [6.45, 7) is 2.57. The van der Waals surface area contributed by atoms with Crippen molar-refractivity contribution in [1.29, 1.82) is 0 Å². The highest BCUT2D eigenvalue weighted by atomic mass is 79.9. The summed E-state index contributed by atoms with van der Waals surface area (Å²) in [7, 11) is 1.82. The minimum Gasteiger partial charge on any atom is -0.493 e. The molecule has 4 heteroatoms. The van der Waals surface area contributed by atoms with Crippen LogP contribution in [0.3, 0.4) is 0 Å². The van der Waals surface area contributed by atoms with Crippen LogP contribution < -0.4 is 10.1 Å². The maximum atomic E-state index is 5.74. The Morgan fingerprint density at radius 3 is 2.95 bits per heavy atom. The molecule has 1 heterocycles. The first-order valence-corrected chi connectivity index (χ1v) is 7.72. The Hall–Kier alpha value is -0.580. The second-order valence-corrected chi connectivity index (χ2v) is 6.41. The van der Waals surface area contributed by atoms with Crippen LogP contribution in [0.2, 0.25) is 0 Å². The monoisotopic (exact) mass is 325 g/mol. The van der Waals surface area contributed by atoms with E-state index in [1.807, 2.05) is 7.11 Å². The zero-order chi connectivity index (χ0) is 13.3. The van der Waals surface area contributed by atoms with Crippen LogP contribution in [0.5, 0.6) is 5.75 Å². The maximum absolute atomic E-state index is 5.74. The number of benzene rings is 1. The fourth-order valence-corrected chi connectivity index (χ4v) is 3.48. The third-order valence-electron chi connectivity index (χ3n) is 4.29. The molecule has 0 bridgehead atoms. The van der Waals surface area contributed by atoms with Crippen LogP contribution in [-0.4, -0.2) is 25.9 Å². The predicted molar refractivity (Wildman–Crippen MR) is 78.6 cm³/mol. The fourth-order valence-electron chi connectivity index (χ4n) is 2.93. The van der Waals surface area contributed by atoms with E-state index in [2.05, 4.69) is 33.4 Å². The standard InChI is InChI=1S/C15H20BrNO2/c1-18-15(4-2-5-15)10-17-9-12-8-13(16)7-11-3-6-19-14(11)12/h7-8,17H,2-6,9-10H2,1H3. The highest BCUT2D eigenvalue weighted by Crippen LogP contribution is 2.35. The number of ether oxygens (including phenoxy) is 2. The lowest BCUT2D eigenvalue weighted by molar-refractivity contribution is -0.0695. The SMILES string of the molecule is COC1(CNCc2cc(Br)cc3c2OCC3)CCC1. The van der Waals surface area contributed by atoms with Gasteiger partial charge in [-0.05, 0) is 37.0 Å². The summed E-state index contributed by atoms with van der Waals surface area (Å²) in [5, 5.41) is 3.53. The molecule has 1 saturated carbocycles. The Kier molecular flexibility index (Phi) is 3.83. The molecule has 0 unspecified atom stereocenters. The lowest BCUT2D eigenvalue weighted by atomic mass is 9.80. The number of hydrogen-bond donors (Lipinski definition) is 1. The summed E-state index contributed by atoms with van der Waals surface area (Å²) in [6.07, 6.45) is 4.64. The molecule has 3 rings (SSSR count). The molecule has 0 radical (unpaired) electrons. The second-order valence-electron chi connectivity index (χ2n) is 5.50. The molecule has 1 aromatic rings. The van der Waals surface area contributed by atoms with Crippen molar-refractivity contribution in [3.8, 4) is 5.75 Å². The Bertz CT molecular complexity index is 466. The van der Waals surface area contributed by atoms with Crippen LogP contribution in [0.25, 0.3) is 0 Å². The third kappa shape index (κ3) is 2.67. The van der Waals surface area contributed by atoms with Crippen LogP contribution in [0.1, 0.15) is 30.4 Å². The summed E-state index contributed by atoms with van der Waals surface area (Å²) in [5.74, 6) is 1.08. The lowest BCUT2D eigenvalue weighted by Crippen LogP contribution is -2.47. The fraction of sp³-hybridized carbons (Fsp3) is 0.600. The summed E-state index contributed by atoms with van der Waals surface area (Å²) in [6, 6.07) is 4.31. The van der Waals surface area contributed by atoms with Gasteiger partial charge in [0.25, 0.3) is 0 Å². The molecule has 1 N–H and O–H groups in total. The van der Waals surface area contributed by atoms with Gasteiger partial charge in [-0.3, -0.25) is 0 Å². The van der Waals surface area contributed by atoms with Gasteiger partial charge in [-0.2, -0.15) is 0 Å². The van der Waals surface area contributed by atoms with Gasteiger partial charge < -0.3 is 14.8 Å². The average Bonchev–Trinajstić information content (AvgIpc) is 2.80. The van der Waals surface area contributed by atoms with Gasteiger partial charge in [-0.25, -0.2) is 0 Å². The van der Waals surface area contributed by atoms with Gasteiger partial charge >= 0.3 is 0 Å². The second kappa shape index (κ2) is 5.43. The number of halogens is 1. The maximum Gasteiger partial charge on any atom is 0.127 e. The third-order valence-corrected chi connectivity index (χ3v) is 4.74. The van der Waals surface area contributed by atoms with E-state index in [4.69, 9.17) is 9.47 Å². The summed E-state index contributed by atoms with van der Waals surface area (Å²) < 4.78 is 12.5. The van der Waals surface area contributed by atoms with Gasteiger partial charge in [0.2, 0.25) is 0 Å². The smallest absolute Gasteiger partial charge is 0.127 e. The van der Waals surface area contributed by atoms with Crippen LogP contribution in [0.4, 0.5) is 0 Å². The Morgan fingerprint density at radius 2 is 2.26 bits per heavy atom. The van der Waals surface area contributed by atoms with E-state index in [1.165, 1.54) is 30.4 Å². The van der Waals surface area contributed by atoms with Gasteiger partial charge in [0.1, 0.15) is 5.75 Å². The number of methoxy groups -OCH3 is 1. The summed E-state index contributed by atoms with van der Waals surface area (Å²) in [5.41, 5.74) is 2.64. The van der Waals surface area contributed by atoms with E-state index < -0.39 is 0 Å². The van der Waals surface area contributed by atoms with Crippen LogP contribution in [0.15, 0.2) is 16.6 Å². The molecule has 0 aromatic heterocycles. The van der Waals surface area contributed by atoms with Gasteiger partial charge in [-0.15, -0.1) is 0 Å². The van der Waals surface area contributed by atoms with Crippen molar-refractivity contribution in [3.05, 3.63) is 27.7 Å². The molecular formula is C15H20BrNO2. The quantitative estimate of drug-likeness (QED) is 0.902. The van der Waals surface area contributed by atoms with Crippen molar-refractivity contribution in [3.63, 3.8) is 0 Å². The summed E-state index contributed by atoms with van der Waals surface area (Å²) >= 11 is 3.58. The zero-order valence-electron chi connectivity index (χ0n) is 11.3. The van der Waals surface area contributed by atoms with Crippen LogP contribution in [-0.2, 0) is 17.7 Å². The van der Waals surface area contributed by atoms with E-state index in [-0.39, 0.29) is 5.60 Å². The van der Waals surface area contributed by atoms with E-state index >= 15 is 0 Å². The van der Waals surface area contributed by atoms with Gasteiger partial charge in [0.15, 0.2) is 0 Å². The van der Waals surface area contributed by atoms with Crippen LogP contribution in [0, 0.1) is 0 Å². The minimum absolute atomic E-state index is 0.0794. The molecule has 1 aromatic carbocycles. The molecule has 104 valence electrons. The summed E-state index contributed by atoms with van der Waals surface area (Å²) in [4.78, 5) is 0. The topological polar surface area (TPSA) is 30.5 Å². The van der Waals surface area contributed by atoms with E-state index in [0.29, 0.717) is 0 Å². The van der Waals surface area contributed by atoms with Crippen molar-refractivity contribution >= 4 is 15.9 Å². The van der Waals surface area contributed by atoms with Crippen LogP contribution >= 0.6 is 15.9 Å². The normalized spacial score (nSPS) is 19.7. The number of fused-ring (bicyclic) bond motifs is 1. The molecule has 0 spiro atoms. The molecule has 1 fully saturated rings. The molecule has 0 atom stereocenters. The lowest BCUT2D eigenvalue weighted by Gasteiger charge is -2.40. The molecule has 0 saturated heterocycles. The average molecular weight is 326 g/mol. The Labute approximate surface area is 122 Å². The zero-order valence-corrected chi connectivity index (χ0v) is 12.9. The molecule has 19 heavy (non-hydrogen) atoms. The van der Waals surface area contributed by atoms with Crippen molar-refractivity contribution in [1.82, 2.24) is 5.32 Å². The first-order valence-electron chi connectivity index (χ1n) is 6.92. The number of nitrogens with one attached hydrogen (secondary N) is 1. The van der Waals surface area contributed by atoms with Gasteiger partial charge in [0.05, 0.1) is 12.2 Å².